The third-order valence-electron chi connectivity index (χ3n) is 6.27. The van der Waals surface area contributed by atoms with E-state index in [1.165, 1.54) is 89.9 Å². The van der Waals surface area contributed by atoms with E-state index < -0.39 is 16.1 Å². The average Bonchev–Trinajstić information content (AvgIpc) is 2.86. The van der Waals surface area contributed by atoms with E-state index in [1.54, 1.807) is 0 Å². The number of nitriles is 1. The molecule has 1 unspecified atom stereocenters. The molecule has 1 amide bonds. The molecule has 0 aliphatic rings. The van der Waals surface area contributed by atoms with Crippen LogP contribution in [0.2, 0.25) is 0 Å². The van der Waals surface area contributed by atoms with Crippen molar-refractivity contribution in [2.24, 2.45) is 5.92 Å². The zero-order valence-corrected chi connectivity index (χ0v) is 25.7. The van der Waals surface area contributed by atoms with E-state index in [9.17, 15) is 13.2 Å². The number of unbranched alkanes of at least 4 members (excludes halogenated alkanes) is 15. The Kier molecular flexibility index (Phi) is 25.6. The number of alkyl halides is 1. The van der Waals surface area contributed by atoms with Crippen molar-refractivity contribution >= 4 is 38.7 Å². The van der Waals surface area contributed by atoms with Gasteiger partial charge in [-0.2, -0.15) is 5.26 Å². The summed E-state index contributed by atoms with van der Waals surface area (Å²) in [7, 11) is -3.36. The van der Waals surface area contributed by atoms with Gasteiger partial charge in [0, 0.05) is 29.9 Å². The van der Waals surface area contributed by atoms with Gasteiger partial charge in [0.05, 0.1) is 18.4 Å². The molecule has 0 aromatic rings. The van der Waals surface area contributed by atoms with E-state index >= 15 is 0 Å². The molecule has 0 saturated heterocycles. The topological polar surface area (TPSA) is 108 Å². The van der Waals surface area contributed by atoms with Crippen LogP contribution in [0.5, 0.6) is 0 Å². The fourth-order valence-corrected chi connectivity index (χ4v) is 6.05. The molecule has 0 aromatic carbocycles. The first-order valence-electron chi connectivity index (χ1n) is 14.3. The molecule has 0 aliphatic carbocycles. The van der Waals surface area contributed by atoms with Gasteiger partial charge in [-0.3, -0.25) is 0 Å². The molecule has 1 atom stereocenters. The number of ether oxygens (including phenoxy) is 1. The molecule has 36 heavy (non-hydrogen) atoms. The number of amides is 1. The van der Waals surface area contributed by atoms with Gasteiger partial charge in [-0.25, -0.2) is 17.9 Å². The van der Waals surface area contributed by atoms with Crippen molar-refractivity contribution in [1.29, 1.82) is 5.26 Å². The number of carbonyl (C=O) groups is 1. The van der Waals surface area contributed by atoms with Gasteiger partial charge < -0.3 is 10.1 Å². The fourth-order valence-electron chi connectivity index (χ4n) is 3.99. The van der Waals surface area contributed by atoms with Gasteiger partial charge in [0.1, 0.15) is 0 Å². The van der Waals surface area contributed by atoms with Crippen LogP contribution in [0, 0.1) is 17.2 Å². The molecule has 0 saturated carbocycles. The minimum Gasteiger partial charge on any atom is -0.449 e. The number of halogens is 1. The lowest BCUT2D eigenvalue weighted by Gasteiger charge is -2.15. The summed E-state index contributed by atoms with van der Waals surface area (Å²) in [6, 6.07) is 2.03. The quantitative estimate of drug-likeness (QED) is 0.0588. The van der Waals surface area contributed by atoms with Crippen molar-refractivity contribution < 1.29 is 17.9 Å². The minimum absolute atomic E-state index is 0.0210. The molecule has 0 bridgehead atoms. The van der Waals surface area contributed by atoms with Gasteiger partial charge in [0.25, 0.3) is 0 Å². The molecule has 0 rings (SSSR count). The molecular formula is C27H52IN3O4S. The Morgan fingerprint density at radius 3 is 1.83 bits per heavy atom. The molecule has 0 radical (unpaired) electrons. The summed E-state index contributed by atoms with van der Waals surface area (Å²) in [5.41, 5.74) is 0. The van der Waals surface area contributed by atoms with Crippen molar-refractivity contribution in [2.75, 3.05) is 29.9 Å². The van der Waals surface area contributed by atoms with Crippen LogP contribution in [0.1, 0.15) is 122 Å². The molecule has 0 fully saturated rings. The van der Waals surface area contributed by atoms with Gasteiger partial charge in [0.2, 0.25) is 10.0 Å². The highest BCUT2D eigenvalue weighted by atomic mass is 127. The molecule has 212 valence electrons. The van der Waals surface area contributed by atoms with E-state index in [0.29, 0.717) is 13.0 Å². The number of hydrogen-bond acceptors (Lipinski definition) is 5. The van der Waals surface area contributed by atoms with Gasteiger partial charge in [-0.15, -0.1) is 0 Å². The number of carbonyl (C=O) groups excluding carboxylic acids is 1. The third-order valence-corrected chi connectivity index (χ3v) is 8.46. The molecule has 0 aliphatic heterocycles. The largest absolute Gasteiger partial charge is 0.449 e. The summed E-state index contributed by atoms with van der Waals surface area (Å²) >= 11 is 2.14. The maximum Gasteiger partial charge on any atom is 0.407 e. The lowest BCUT2D eigenvalue weighted by molar-refractivity contribution is 0.128. The van der Waals surface area contributed by atoms with Crippen LogP contribution in [0.3, 0.4) is 0 Å². The lowest BCUT2D eigenvalue weighted by Crippen LogP contribution is -2.34. The highest BCUT2D eigenvalue weighted by Gasteiger charge is 2.16. The van der Waals surface area contributed by atoms with Crippen LogP contribution in [0.4, 0.5) is 4.79 Å². The molecule has 0 spiro atoms. The first kappa shape index (κ1) is 35.4. The Labute approximate surface area is 235 Å². The first-order valence-corrected chi connectivity index (χ1v) is 17.4. The molecule has 7 nitrogen and oxygen atoms in total. The molecule has 0 heterocycles. The number of hydrogen-bond donors (Lipinski definition) is 2. The van der Waals surface area contributed by atoms with Crippen LogP contribution >= 0.6 is 22.6 Å². The highest BCUT2D eigenvalue weighted by molar-refractivity contribution is 14.1. The second kappa shape index (κ2) is 26.0. The van der Waals surface area contributed by atoms with Gasteiger partial charge in [0.15, 0.2) is 0 Å². The Morgan fingerprint density at radius 2 is 1.36 bits per heavy atom. The van der Waals surface area contributed by atoms with Crippen molar-refractivity contribution in [3.8, 4) is 6.07 Å². The smallest absolute Gasteiger partial charge is 0.407 e. The molecule has 2 N–H and O–H groups in total. The normalized spacial score (nSPS) is 12.2. The average molecular weight is 642 g/mol. The predicted octanol–water partition coefficient (Wildman–Crippen LogP) is 7.25. The first-order chi connectivity index (χ1) is 17.4. The van der Waals surface area contributed by atoms with Crippen LogP contribution < -0.4 is 10.0 Å². The lowest BCUT2D eigenvalue weighted by atomic mass is 10.0. The van der Waals surface area contributed by atoms with Crippen LogP contribution in [0.25, 0.3) is 0 Å². The van der Waals surface area contributed by atoms with Gasteiger partial charge in [-0.1, -0.05) is 126 Å². The van der Waals surface area contributed by atoms with E-state index in [2.05, 4.69) is 39.6 Å². The van der Waals surface area contributed by atoms with Gasteiger partial charge >= 0.3 is 6.09 Å². The number of alkyl carbamates (subject to hydrolysis) is 1. The molecular weight excluding hydrogens is 589 g/mol. The zero-order chi connectivity index (χ0) is 26.7. The van der Waals surface area contributed by atoms with Gasteiger partial charge in [-0.05, 0) is 12.8 Å². The summed E-state index contributed by atoms with van der Waals surface area (Å²) in [6.07, 6.45) is 21.2. The summed E-state index contributed by atoms with van der Waals surface area (Å²) < 4.78 is 32.3. The van der Waals surface area contributed by atoms with Crippen molar-refractivity contribution in [1.82, 2.24) is 10.0 Å². The summed E-state index contributed by atoms with van der Waals surface area (Å²) in [5.74, 6) is -0.291. The van der Waals surface area contributed by atoms with E-state index in [4.69, 9.17) is 10.00 Å². The van der Waals surface area contributed by atoms with E-state index in [-0.39, 0.29) is 31.2 Å². The fraction of sp³-hybridized carbons (Fsp3) is 0.926. The number of nitrogens with one attached hydrogen (secondary N) is 2. The molecule has 9 heteroatoms. The zero-order valence-electron chi connectivity index (χ0n) is 22.7. The Hall–Kier alpha value is -0.600. The summed E-state index contributed by atoms with van der Waals surface area (Å²) in [6.45, 7) is 2.96. The Morgan fingerprint density at radius 1 is 0.861 bits per heavy atom. The second-order valence-electron chi connectivity index (χ2n) is 9.77. The van der Waals surface area contributed by atoms with Crippen molar-refractivity contribution in [2.45, 2.75) is 122 Å². The number of sulfonamides is 1. The minimum atomic E-state index is -3.36. The van der Waals surface area contributed by atoms with Crippen LogP contribution in [-0.2, 0) is 14.8 Å². The van der Waals surface area contributed by atoms with E-state index in [0.717, 1.165) is 17.3 Å². The van der Waals surface area contributed by atoms with Crippen molar-refractivity contribution in [3.63, 3.8) is 0 Å². The maximum absolute atomic E-state index is 11.9. The number of rotatable bonds is 26. The van der Waals surface area contributed by atoms with Crippen LogP contribution in [-0.4, -0.2) is 44.4 Å². The second-order valence-corrected chi connectivity index (χ2v) is 12.8. The molecule has 0 aromatic heterocycles. The standard InChI is InChI=1S/C27H52IN3O4S/c1-2-3-4-5-6-7-8-9-10-11-12-13-14-15-16-17-22-30-27(32)35-25-26(19-21-29)24-31-36(33,34)23-18-20-28/h26,31H,2-20,22-25H2,1H3,(H,30,32). The van der Waals surface area contributed by atoms with Crippen LogP contribution in [0.15, 0.2) is 0 Å². The Bertz CT molecular complexity index is 656. The predicted molar refractivity (Wildman–Crippen MR) is 158 cm³/mol. The summed E-state index contributed by atoms with van der Waals surface area (Å²) in [4.78, 5) is 11.9. The van der Waals surface area contributed by atoms with Crippen molar-refractivity contribution in [3.05, 3.63) is 0 Å². The van der Waals surface area contributed by atoms with E-state index in [1.807, 2.05) is 6.07 Å². The maximum atomic E-state index is 11.9. The highest BCUT2D eigenvalue weighted by Crippen LogP contribution is 2.13. The monoisotopic (exact) mass is 641 g/mol. The Balaban J connectivity index is 3.59. The third kappa shape index (κ3) is 25.1. The summed E-state index contributed by atoms with van der Waals surface area (Å²) in [5, 5.41) is 11.7. The number of nitrogens with zero attached hydrogens (tertiary/aromatic N) is 1. The SMILES string of the molecule is CCCCCCCCCCCCCCCCCCNC(=O)OCC(CC#N)CNS(=O)(=O)CCCI.